The van der Waals surface area contributed by atoms with E-state index >= 15 is 0 Å². The summed E-state index contributed by atoms with van der Waals surface area (Å²) in [7, 11) is 0. The molecule has 2 atom stereocenters. The molecule has 0 saturated heterocycles. The van der Waals surface area contributed by atoms with Crippen molar-refractivity contribution in [3.63, 3.8) is 0 Å². The van der Waals surface area contributed by atoms with Crippen molar-refractivity contribution in [3.8, 4) is 0 Å². The van der Waals surface area contributed by atoms with Crippen molar-refractivity contribution in [1.29, 1.82) is 0 Å². The van der Waals surface area contributed by atoms with Gasteiger partial charge in [0.1, 0.15) is 5.02 Å². The molecule has 2 unspecified atom stereocenters. The topological polar surface area (TPSA) is 92.5 Å². The summed E-state index contributed by atoms with van der Waals surface area (Å²) >= 11 is 5.90. The van der Waals surface area contributed by atoms with E-state index in [1.807, 2.05) is 0 Å². The maximum absolute atomic E-state index is 12.2. The molecule has 0 aliphatic heterocycles. The minimum Gasteiger partial charge on any atom is -0.396 e. The van der Waals surface area contributed by atoms with Gasteiger partial charge in [0.05, 0.1) is 10.5 Å². The van der Waals surface area contributed by atoms with Gasteiger partial charge in [0.15, 0.2) is 0 Å². The lowest BCUT2D eigenvalue weighted by atomic mass is 10.0. The third-order valence-electron chi connectivity index (χ3n) is 3.63. The van der Waals surface area contributed by atoms with Crippen LogP contribution in [-0.2, 0) is 0 Å². The van der Waals surface area contributed by atoms with E-state index in [1.54, 1.807) is 0 Å². The third-order valence-corrected chi connectivity index (χ3v) is 4.03. The van der Waals surface area contributed by atoms with Gasteiger partial charge in [0.2, 0.25) is 0 Å². The smallest absolute Gasteiger partial charge is 0.288 e. The van der Waals surface area contributed by atoms with E-state index in [4.69, 9.17) is 11.6 Å². The third kappa shape index (κ3) is 2.91. The first kappa shape index (κ1) is 14.7. The summed E-state index contributed by atoms with van der Waals surface area (Å²) in [5, 5.41) is 22.7. The summed E-state index contributed by atoms with van der Waals surface area (Å²) in [5.74, 6) is -0.402. The zero-order valence-corrected chi connectivity index (χ0v) is 11.5. The highest BCUT2D eigenvalue weighted by Crippen LogP contribution is 2.29. The van der Waals surface area contributed by atoms with Crippen LogP contribution >= 0.6 is 11.6 Å². The van der Waals surface area contributed by atoms with Crippen LogP contribution in [-0.4, -0.2) is 28.6 Å². The van der Waals surface area contributed by atoms with Crippen LogP contribution in [0.4, 0.5) is 5.69 Å². The van der Waals surface area contributed by atoms with Crippen molar-refractivity contribution in [2.24, 2.45) is 5.92 Å². The molecule has 2 rings (SSSR count). The fourth-order valence-electron chi connectivity index (χ4n) is 2.53. The molecule has 0 radical (unpaired) electrons. The summed E-state index contributed by atoms with van der Waals surface area (Å²) in [4.78, 5) is 22.3. The maximum Gasteiger partial charge on any atom is 0.288 e. The lowest BCUT2D eigenvalue weighted by Crippen LogP contribution is -2.38. The molecular formula is C13H15ClN2O4. The fourth-order valence-corrected chi connectivity index (χ4v) is 2.81. The average Bonchev–Trinajstić information content (AvgIpc) is 2.85. The molecule has 7 heteroatoms. The highest BCUT2D eigenvalue weighted by Gasteiger charge is 2.29. The number of aliphatic hydroxyl groups excluding tert-OH is 1. The Morgan fingerprint density at radius 1 is 1.50 bits per heavy atom. The second-order valence-corrected chi connectivity index (χ2v) is 5.23. The van der Waals surface area contributed by atoms with Gasteiger partial charge < -0.3 is 10.4 Å². The summed E-state index contributed by atoms with van der Waals surface area (Å²) < 4.78 is 0. The molecule has 1 saturated carbocycles. The molecule has 108 valence electrons. The van der Waals surface area contributed by atoms with Crippen molar-refractivity contribution in [1.82, 2.24) is 5.32 Å². The monoisotopic (exact) mass is 298 g/mol. The van der Waals surface area contributed by atoms with E-state index in [9.17, 15) is 20.0 Å². The lowest BCUT2D eigenvalue weighted by Gasteiger charge is -2.19. The summed E-state index contributed by atoms with van der Waals surface area (Å²) in [6, 6.07) is 4.03. The number of carbonyl (C=O) groups is 1. The number of amides is 1. The number of halogens is 1. The molecule has 1 fully saturated rings. The van der Waals surface area contributed by atoms with Gasteiger partial charge in [-0.3, -0.25) is 14.9 Å². The van der Waals surface area contributed by atoms with Gasteiger partial charge in [-0.1, -0.05) is 24.1 Å². The number of nitro groups is 1. The lowest BCUT2D eigenvalue weighted by molar-refractivity contribution is -0.384. The molecule has 1 aliphatic rings. The molecule has 2 N–H and O–H groups in total. The molecule has 1 aromatic rings. The molecule has 1 aliphatic carbocycles. The number of carbonyl (C=O) groups excluding carboxylic acids is 1. The fraction of sp³-hybridized carbons (Fsp3) is 0.462. The molecule has 0 spiro atoms. The predicted octanol–water partition coefficient (Wildman–Crippen LogP) is 2.14. The Hall–Kier alpha value is -1.66. The van der Waals surface area contributed by atoms with E-state index in [1.165, 1.54) is 18.2 Å². The second kappa shape index (κ2) is 6.19. The predicted molar refractivity (Wildman–Crippen MR) is 73.8 cm³/mol. The zero-order valence-electron chi connectivity index (χ0n) is 10.7. The number of hydrogen-bond acceptors (Lipinski definition) is 4. The largest absolute Gasteiger partial charge is 0.396 e. The van der Waals surface area contributed by atoms with Crippen molar-refractivity contribution >= 4 is 23.2 Å². The summed E-state index contributed by atoms with van der Waals surface area (Å²) in [6.07, 6.45) is 2.60. The SMILES string of the molecule is O=C(NC1CCCC1CO)c1cccc([N+](=O)[O-])c1Cl. The van der Waals surface area contributed by atoms with Gasteiger partial charge in [-0.05, 0) is 18.9 Å². The first-order valence-electron chi connectivity index (χ1n) is 6.39. The van der Waals surface area contributed by atoms with Crippen LogP contribution in [0.3, 0.4) is 0 Å². The number of nitro benzene ring substituents is 1. The number of nitrogens with zero attached hydrogens (tertiary/aromatic N) is 1. The van der Waals surface area contributed by atoms with Gasteiger partial charge in [-0.25, -0.2) is 0 Å². The van der Waals surface area contributed by atoms with Gasteiger partial charge in [0, 0.05) is 24.6 Å². The Kier molecular flexibility index (Phi) is 4.57. The van der Waals surface area contributed by atoms with E-state index < -0.39 is 10.8 Å². The van der Waals surface area contributed by atoms with Crippen LogP contribution in [0.1, 0.15) is 29.6 Å². The quantitative estimate of drug-likeness (QED) is 0.658. The number of rotatable bonds is 4. The zero-order chi connectivity index (χ0) is 14.7. The van der Waals surface area contributed by atoms with E-state index in [2.05, 4.69) is 5.32 Å². The van der Waals surface area contributed by atoms with Crippen LogP contribution in [0.15, 0.2) is 18.2 Å². The highest BCUT2D eigenvalue weighted by molar-refractivity contribution is 6.35. The van der Waals surface area contributed by atoms with Crippen LogP contribution in [0, 0.1) is 16.0 Å². The first-order chi connectivity index (χ1) is 9.54. The number of hydrogen-bond donors (Lipinski definition) is 2. The molecule has 6 nitrogen and oxygen atoms in total. The average molecular weight is 299 g/mol. The number of aliphatic hydroxyl groups is 1. The van der Waals surface area contributed by atoms with E-state index in [0.29, 0.717) is 0 Å². The number of benzene rings is 1. The molecule has 0 bridgehead atoms. The molecule has 1 amide bonds. The van der Waals surface area contributed by atoms with Crippen molar-refractivity contribution < 1.29 is 14.8 Å². The Morgan fingerprint density at radius 2 is 2.25 bits per heavy atom. The van der Waals surface area contributed by atoms with E-state index in [-0.39, 0.29) is 34.8 Å². The minimum atomic E-state index is -0.620. The molecule has 1 aromatic carbocycles. The van der Waals surface area contributed by atoms with Crippen molar-refractivity contribution in [3.05, 3.63) is 38.9 Å². The van der Waals surface area contributed by atoms with Crippen LogP contribution in [0.5, 0.6) is 0 Å². The molecular weight excluding hydrogens is 284 g/mol. The minimum absolute atomic E-state index is 0.0214. The Morgan fingerprint density at radius 3 is 2.90 bits per heavy atom. The molecule has 0 aromatic heterocycles. The van der Waals surface area contributed by atoms with Crippen molar-refractivity contribution in [2.75, 3.05) is 6.61 Å². The molecule has 0 heterocycles. The van der Waals surface area contributed by atoms with Crippen LogP contribution in [0.25, 0.3) is 0 Å². The summed E-state index contributed by atoms with van der Waals surface area (Å²) in [5.41, 5.74) is -0.200. The highest BCUT2D eigenvalue weighted by atomic mass is 35.5. The first-order valence-corrected chi connectivity index (χ1v) is 6.77. The maximum atomic E-state index is 12.2. The Bertz CT molecular complexity index is 535. The van der Waals surface area contributed by atoms with Gasteiger partial charge in [0.25, 0.3) is 11.6 Å². The van der Waals surface area contributed by atoms with Crippen LogP contribution in [0.2, 0.25) is 5.02 Å². The van der Waals surface area contributed by atoms with Gasteiger partial charge >= 0.3 is 0 Å². The standard InChI is InChI=1S/C13H15ClN2O4/c14-12-9(4-2-6-11(12)16(19)20)13(18)15-10-5-1-3-8(10)7-17/h2,4,6,8,10,17H,1,3,5,7H2,(H,15,18). The van der Waals surface area contributed by atoms with E-state index in [0.717, 1.165) is 19.3 Å². The van der Waals surface area contributed by atoms with Crippen molar-refractivity contribution in [2.45, 2.75) is 25.3 Å². The summed E-state index contributed by atoms with van der Waals surface area (Å²) in [6.45, 7) is 0.0214. The second-order valence-electron chi connectivity index (χ2n) is 4.85. The number of nitrogens with one attached hydrogen (secondary N) is 1. The van der Waals surface area contributed by atoms with Crippen LogP contribution < -0.4 is 5.32 Å². The normalized spacial score (nSPS) is 21.7. The Balaban J connectivity index is 2.17. The van der Waals surface area contributed by atoms with Gasteiger partial charge in [-0.2, -0.15) is 0 Å². The molecule has 20 heavy (non-hydrogen) atoms. The Labute approximate surface area is 120 Å². The van der Waals surface area contributed by atoms with Gasteiger partial charge in [-0.15, -0.1) is 0 Å².